The normalized spacial score (nSPS) is 20.3. The van der Waals surface area contributed by atoms with E-state index in [1.54, 1.807) is 0 Å². The minimum absolute atomic E-state index is 0.276. The highest BCUT2D eigenvalue weighted by Crippen LogP contribution is 2.33. The molecule has 2 saturated carbocycles. The van der Waals surface area contributed by atoms with Crippen molar-refractivity contribution in [3.63, 3.8) is 0 Å². The molecule has 5 rings (SSSR count). The fraction of sp³-hybridized carbons (Fsp3) is 0.571. The van der Waals surface area contributed by atoms with Crippen molar-refractivity contribution in [2.75, 3.05) is 17.2 Å². The van der Waals surface area contributed by atoms with Gasteiger partial charge in [-0.3, -0.25) is 0 Å². The zero-order valence-corrected chi connectivity index (χ0v) is 21.8. The number of nitrogens with two attached hydrogens (primary N) is 1. The maximum atomic E-state index is 12.2. The Morgan fingerprint density at radius 3 is 2.57 bits per heavy atom. The van der Waals surface area contributed by atoms with Crippen LogP contribution in [-0.2, 0) is 11.3 Å². The van der Waals surface area contributed by atoms with Crippen LogP contribution in [0.4, 0.5) is 11.8 Å². The number of ether oxygens (including phenoxy) is 1. The van der Waals surface area contributed by atoms with Crippen LogP contribution in [-0.4, -0.2) is 44.2 Å². The molecule has 1 aromatic carbocycles. The van der Waals surface area contributed by atoms with Crippen LogP contribution in [0.1, 0.15) is 93.1 Å². The average Bonchev–Trinajstić information content (AvgIpc) is 3.59. The third kappa shape index (κ3) is 6.21. The lowest BCUT2D eigenvalue weighted by Crippen LogP contribution is -2.33. The van der Waals surface area contributed by atoms with Gasteiger partial charge in [-0.15, -0.1) is 0 Å². The van der Waals surface area contributed by atoms with Crippen molar-refractivity contribution < 1.29 is 9.53 Å². The summed E-state index contributed by atoms with van der Waals surface area (Å²) in [5.74, 6) is 1.09. The van der Waals surface area contributed by atoms with Gasteiger partial charge in [0.05, 0.1) is 18.5 Å². The molecule has 0 aliphatic heterocycles. The number of rotatable bonds is 10. The SMILES string of the molecule is CCCCOC(=O)c1ccc(CNc2nc(N[C@H]3CC[C@H](N)CC3)nc3c2ncn3C2CCCC2)cc1. The van der Waals surface area contributed by atoms with Gasteiger partial charge in [-0.25, -0.2) is 9.78 Å². The second-order valence-corrected chi connectivity index (χ2v) is 10.5. The summed E-state index contributed by atoms with van der Waals surface area (Å²) in [7, 11) is 0. The van der Waals surface area contributed by atoms with Gasteiger partial charge in [0, 0.05) is 24.7 Å². The number of esters is 1. The molecule has 2 fully saturated rings. The number of aromatic nitrogens is 4. The molecule has 9 nitrogen and oxygen atoms in total. The summed E-state index contributed by atoms with van der Waals surface area (Å²) in [6.45, 7) is 3.09. The van der Waals surface area contributed by atoms with Crippen LogP contribution < -0.4 is 16.4 Å². The Kier molecular flexibility index (Phi) is 8.18. The quantitative estimate of drug-likeness (QED) is 0.254. The highest BCUT2D eigenvalue weighted by atomic mass is 16.5. The zero-order valence-electron chi connectivity index (χ0n) is 21.8. The summed E-state index contributed by atoms with van der Waals surface area (Å²) in [6.07, 6.45) is 12.7. The summed E-state index contributed by atoms with van der Waals surface area (Å²) < 4.78 is 7.55. The van der Waals surface area contributed by atoms with E-state index < -0.39 is 0 Å². The van der Waals surface area contributed by atoms with Crippen LogP contribution in [0.5, 0.6) is 0 Å². The monoisotopic (exact) mass is 505 g/mol. The standard InChI is InChI=1S/C28H39N7O2/c1-2-3-16-37-27(36)20-10-8-19(9-11-20)17-30-25-24-26(35(18-31-24)23-6-4-5-7-23)34-28(33-25)32-22-14-12-21(29)13-15-22/h8-11,18,21-23H,2-7,12-17,29H2,1H3,(H2,30,32,33,34)/t21-,22-. The van der Waals surface area contributed by atoms with Crippen molar-refractivity contribution in [2.45, 2.75) is 95.8 Å². The summed E-state index contributed by atoms with van der Waals surface area (Å²) in [5.41, 5.74) is 9.39. The van der Waals surface area contributed by atoms with E-state index in [2.05, 4.69) is 22.1 Å². The molecule has 0 radical (unpaired) electrons. The van der Waals surface area contributed by atoms with E-state index in [0.717, 1.165) is 73.9 Å². The second kappa shape index (κ2) is 11.9. The van der Waals surface area contributed by atoms with Gasteiger partial charge in [-0.2, -0.15) is 9.97 Å². The van der Waals surface area contributed by atoms with Crippen molar-refractivity contribution in [1.82, 2.24) is 19.5 Å². The predicted octanol–water partition coefficient (Wildman–Crippen LogP) is 5.19. The third-order valence-electron chi connectivity index (χ3n) is 7.63. The van der Waals surface area contributed by atoms with E-state index >= 15 is 0 Å². The summed E-state index contributed by atoms with van der Waals surface area (Å²) in [6, 6.07) is 8.60. The molecular formula is C28H39N7O2. The Bertz CT molecular complexity index is 1180. The average molecular weight is 506 g/mol. The van der Waals surface area contributed by atoms with Crippen LogP contribution in [0.3, 0.4) is 0 Å². The molecule has 4 N–H and O–H groups in total. The highest BCUT2D eigenvalue weighted by Gasteiger charge is 2.24. The van der Waals surface area contributed by atoms with Gasteiger partial charge < -0.3 is 25.7 Å². The van der Waals surface area contributed by atoms with E-state index in [9.17, 15) is 4.79 Å². The Hall–Kier alpha value is -3.20. The number of unbranched alkanes of at least 4 members (excludes halogenated alkanes) is 1. The van der Waals surface area contributed by atoms with E-state index in [0.29, 0.717) is 42.8 Å². The molecule has 3 aromatic rings. The van der Waals surface area contributed by atoms with Crippen LogP contribution in [0, 0.1) is 0 Å². The van der Waals surface area contributed by atoms with E-state index in [1.807, 2.05) is 30.6 Å². The number of anilines is 2. The summed E-state index contributed by atoms with van der Waals surface area (Å²) in [4.78, 5) is 26.7. The van der Waals surface area contributed by atoms with Crippen molar-refractivity contribution in [3.8, 4) is 0 Å². The first-order chi connectivity index (χ1) is 18.1. The van der Waals surface area contributed by atoms with E-state index in [1.165, 1.54) is 12.8 Å². The number of carbonyl (C=O) groups excluding carboxylic acids is 1. The largest absolute Gasteiger partial charge is 0.462 e. The number of hydrogen-bond donors (Lipinski definition) is 3. The first kappa shape index (κ1) is 25.4. The number of fused-ring (bicyclic) bond motifs is 1. The third-order valence-corrected chi connectivity index (χ3v) is 7.63. The maximum Gasteiger partial charge on any atom is 0.338 e. The van der Waals surface area contributed by atoms with Gasteiger partial charge in [-0.1, -0.05) is 38.3 Å². The predicted molar refractivity (Wildman–Crippen MR) is 146 cm³/mol. The molecule has 2 aliphatic rings. The number of imidazole rings is 1. The van der Waals surface area contributed by atoms with Crippen LogP contribution in [0.15, 0.2) is 30.6 Å². The van der Waals surface area contributed by atoms with Gasteiger partial charge in [0.15, 0.2) is 17.0 Å². The molecule has 0 unspecified atom stereocenters. The smallest absolute Gasteiger partial charge is 0.338 e. The Morgan fingerprint density at radius 1 is 1.08 bits per heavy atom. The van der Waals surface area contributed by atoms with Crippen molar-refractivity contribution in [3.05, 3.63) is 41.7 Å². The molecular weight excluding hydrogens is 466 g/mol. The van der Waals surface area contributed by atoms with Crippen LogP contribution in [0.2, 0.25) is 0 Å². The Labute approximate surface area is 218 Å². The Balaban J connectivity index is 1.33. The maximum absolute atomic E-state index is 12.2. The number of benzene rings is 1. The highest BCUT2D eigenvalue weighted by molar-refractivity contribution is 5.89. The van der Waals surface area contributed by atoms with Crippen LogP contribution >= 0.6 is 0 Å². The fourth-order valence-corrected chi connectivity index (χ4v) is 5.34. The molecule has 2 aliphatic carbocycles. The molecule has 2 aromatic heterocycles. The lowest BCUT2D eigenvalue weighted by atomic mass is 9.92. The minimum Gasteiger partial charge on any atom is -0.462 e. The number of nitrogens with zero attached hydrogens (tertiary/aromatic N) is 4. The first-order valence-corrected chi connectivity index (χ1v) is 13.9. The summed E-state index contributed by atoms with van der Waals surface area (Å²) in [5, 5.41) is 7.05. The lowest BCUT2D eigenvalue weighted by molar-refractivity contribution is 0.0499. The van der Waals surface area contributed by atoms with Gasteiger partial charge in [-0.05, 0) is 62.6 Å². The number of nitrogens with one attached hydrogen (secondary N) is 2. The molecule has 0 spiro atoms. The number of carbonyl (C=O) groups is 1. The van der Waals surface area contributed by atoms with E-state index in [-0.39, 0.29) is 5.97 Å². The van der Waals surface area contributed by atoms with Crippen molar-refractivity contribution in [1.29, 1.82) is 0 Å². The molecule has 0 amide bonds. The lowest BCUT2D eigenvalue weighted by Gasteiger charge is -2.27. The second-order valence-electron chi connectivity index (χ2n) is 10.5. The van der Waals surface area contributed by atoms with E-state index in [4.69, 9.17) is 25.4 Å². The van der Waals surface area contributed by atoms with Crippen molar-refractivity contribution >= 4 is 28.9 Å². The van der Waals surface area contributed by atoms with Gasteiger partial charge in [0.1, 0.15) is 0 Å². The fourth-order valence-electron chi connectivity index (χ4n) is 5.34. The van der Waals surface area contributed by atoms with Gasteiger partial charge in [0.2, 0.25) is 5.95 Å². The molecule has 0 atom stereocenters. The topological polar surface area (TPSA) is 120 Å². The summed E-state index contributed by atoms with van der Waals surface area (Å²) >= 11 is 0. The molecule has 0 bridgehead atoms. The molecule has 198 valence electrons. The Morgan fingerprint density at radius 2 is 1.84 bits per heavy atom. The molecule has 0 saturated heterocycles. The molecule has 2 heterocycles. The van der Waals surface area contributed by atoms with Gasteiger partial charge >= 0.3 is 5.97 Å². The van der Waals surface area contributed by atoms with Crippen LogP contribution in [0.25, 0.3) is 11.2 Å². The minimum atomic E-state index is -0.276. The first-order valence-electron chi connectivity index (χ1n) is 13.9. The molecule has 9 heteroatoms. The molecule has 37 heavy (non-hydrogen) atoms. The zero-order chi connectivity index (χ0) is 25.6. The number of hydrogen-bond acceptors (Lipinski definition) is 8. The van der Waals surface area contributed by atoms with Gasteiger partial charge in [0.25, 0.3) is 0 Å². The van der Waals surface area contributed by atoms with Crippen molar-refractivity contribution in [2.24, 2.45) is 5.73 Å².